The minimum Gasteiger partial charge on any atom is -0.493 e. The molecule has 1 N–H and O–H groups in total. The van der Waals surface area contributed by atoms with Crippen molar-refractivity contribution in [1.29, 1.82) is 0 Å². The molecule has 0 radical (unpaired) electrons. The standard InChI is InChI=1S/C20H21ClFNO3/c1-24-17-9-11(8-15(21)20(17)25-2)18-13-4-3-7-26-19(13)14-10-12(22)5-6-16(14)23-18/h5-6,8-10,13,18-19,23H,3-4,7H2,1-2H3/t13-,18+,19-/m0/s1. The van der Waals surface area contributed by atoms with E-state index in [-0.39, 0.29) is 23.9 Å². The Balaban J connectivity index is 1.79. The van der Waals surface area contributed by atoms with Crippen molar-refractivity contribution in [3.63, 3.8) is 0 Å². The third-order valence-electron chi connectivity index (χ3n) is 5.24. The maximum atomic E-state index is 13.8. The van der Waals surface area contributed by atoms with Crippen LogP contribution in [0.1, 0.15) is 36.1 Å². The van der Waals surface area contributed by atoms with Crippen molar-refractivity contribution < 1.29 is 18.6 Å². The third kappa shape index (κ3) is 2.89. The molecule has 0 amide bonds. The van der Waals surface area contributed by atoms with E-state index in [1.54, 1.807) is 26.4 Å². The van der Waals surface area contributed by atoms with Gasteiger partial charge in [-0.1, -0.05) is 11.6 Å². The van der Waals surface area contributed by atoms with Crippen LogP contribution in [-0.4, -0.2) is 20.8 Å². The zero-order chi connectivity index (χ0) is 18.3. The summed E-state index contributed by atoms with van der Waals surface area (Å²) >= 11 is 6.42. The van der Waals surface area contributed by atoms with Crippen molar-refractivity contribution in [1.82, 2.24) is 0 Å². The smallest absolute Gasteiger partial charge is 0.179 e. The first kappa shape index (κ1) is 17.4. The second-order valence-corrected chi connectivity index (χ2v) is 7.10. The molecular weight excluding hydrogens is 357 g/mol. The molecule has 1 fully saturated rings. The minimum atomic E-state index is -0.244. The molecule has 2 aliphatic heterocycles. The van der Waals surface area contributed by atoms with E-state index in [2.05, 4.69) is 5.32 Å². The van der Waals surface area contributed by atoms with E-state index in [9.17, 15) is 4.39 Å². The van der Waals surface area contributed by atoms with Gasteiger partial charge in [0, 0.05) is 23.8 Å². The van der Waals surface area contributed by atoms with Gasteiger partial charge in [0.1, 0.15) is 5.82 Å². The van der Waals surface area contributed by atoms with Gasteiger partial charge in [0.15, 0.2) is 11.5 Å². The third-order valence-corrected chi connectivity index (χ3v) is 5.52. The lowest BCUT2D eigenvalue weighted by molar-refractivity contribution is -0.0383. The van der Waals surface area contributed by atoms with E-state index < -0.39 is 0 Å². The monoisotopic (exact) mass is 377 g/mol. The molecule has 6 heteroatoms. The quantitative estimate of drug-likeness (QED) is 0.804. The van der Waals surface area contributed by atoms with Crippen molar-refractivity contribution >= 4 is 17.3 Å². The summed E-state index contributed by atoms with van der Waals surface area (Å²) in [4.78, 5) is 0. The van der Waals surface area contributed by atoms with Crippen LogP contribution in [0.5, 0.6) is 11.5 Å². The molecule has 26 heavy (non-hydrogen) atoms. The Morgan fingerprint density at radius 2 is 2.04 bits per heavy atom. The number of benzene rings is 2. The van der Waals surface area contributed by atoms with Gasteiger partial charge in [-0.25, -0.2) is 4.39 Å². The predicted octanol–water partition coefficient (Wildman–Crippen LogP) is 5.13. The number of anilines is 1. The lowest BCUT2D eigenvalue weighted by Gasteiger charge is -2.43. The molecule has 2 heterocycles. The van der Waals surface area contributed by atoms with Crippen LogP contribution in [0, 0.1) is 11.7 Å². The first-order chi connectivity index (χ1) is 12.6. The molecule has 4 nitrogen and oxygen atoms in total. The summed E-state index contributed by atoms with van der Waals surface area (Å²) in [7, 11) is 3.16. The van der Waals surface area contributed by atoms with Crippen LogP contribution in [0.4, 0.5) is 10.1 Å². The fraction of sp³-hybridized carbons (Fsp3) is 0.400. The van der Waals surface area contributed by atoms with Crippen molar-refractivity contribution in [2.45, 2.75) is 25.0 Å². The Kier molecular flexibility index (Phi) is 4.67. The maximum Gasteiger partial charge on any atom is 0.179 e. The molecule has 0 unspecified atom stereocenters. The number of nitrogens with one attached hydrogen (secondary N) is 1. The van der Waals surface area contributed by atoms with Crippen LogP contribution in [0.3, 0.4) is 0 Å². The Bertz CT molecular complexity index is 829. The first-order valence-electron chi connectivity index (χ1n) is 8.71. The fourth-order valence-corrected chi connectivity index (χ4v) is 4.39. The van der Waals surface area contributed by atoms with Gasteiger partial charge in [-0.2, -0.15) is 0 Å². The maximum absolute atomic E-state index is 13.8. The largest absolute Gasteiger partial charge is 0.493 e. The molecule has 4 rings (SSSR count). The fourth-order valence-electron chi connectivity index (χ4n) is 4.09. The second-order valence-electron chi connectivity index (χ2n) is 6.69. The predicted molar refractivity (Wildman–Crippen MR) is 98.7 cm³/mol. The summed E-state index contributed by atoms with van der Waals surface area (Å²) in [5, 5.41) is 4.06. The van der Waals surface area contributed by atoms with E-state index >= 15 is 0 Å². The van der Waals surface area contributed by atoms with Gasteiger partial charge in [-0.15, -0.1) is 0 Å². The molecule has 0 spiro atoms. The van der Waals surface area contributed by atoms with Crippen LogP contribution in [0.15, 0.2) is 30.3 Å². The van der Waals surface area contributed by atoms with E-state index in [4.69, 9.17) is 25.8 Å². The van der Waals surface area contributed by atoms with Gasteiger partial charge in [0.2, 0.25) is 0 Å². The van der Waals surface area contributed by atoms with Gasteiger partial charge < -0.3 is 19.5 Å². The molecule has 1 saturated heterocycles. The highest BCUT2D eigenvalue weighted by molar-refractivity contribution is 6.32. The minimum absolute atomic E-state index is 0.00410. The molecule has 0 aromatic heterocycles. The highest BCUT2D eigenvalue weighted by Gasteiger charge is 2.40. The number of ether oxygens (including phenoxy) is 3. The van der Waals surface area contributed by atoms with Crippen LogP contribution in [0.2, 0.25) is 5.02 Å². The van der Waals surface area contributed by atoms with Gasteiger partial charge >= 0.3 is 0 Å². The van der Waals surface area contributed by atoms with Crippen LogP contribution in [-0.2, 0) is 4.74 Å². The molecule has 138 valence electrons. The Morgan fingerprint density at radius 1 is 1.19 bits per heavy atom. The zero-order valence-corrected chi connectivity index (χ0v) is 15.5. The lowest BCUT2D eigenvalue weighted by atomic mass is 9.77. The summed E-state index contributed by atoms with van der Waals surface area (Å²) in [6.07, 6.45) is 1.84. The lowest BCUT2D eigenvalue weighted by Crippen LogP contribution is -2.36. The summed E-state index contributed by atoms with van der Waals surface area (Å²) in [6.45, 7) is 0.691. The van der Waals surface area contributed by atoms with Crippen molar-refractivity contribution in [3.8, 4) is 11.5 Å². The summed E-state index contributed by atoms with van der Waals surface area (Å²) < 4.78 is 30.6. The summed E-state index contributed by atoms with van der Waals surface area (Å²) in [5.41, 5.74) is 2.78. The van der Waals surface area contributed by atoms with Crippen molar-refractivity contribution in [2.75, 3.05) is 26.1 Å². The highest BCUT2D eigenvalue weighted by Crippen LogP contribution is 2.50. The molecule has 0 aliphatic carbocycles. The average molecular weight is 378 g/mol. The van der Waals surface area contributed by atoms with Crippen LogP contribution in [0.25, 0.3) is 0 Å². The molecule has 2 aromatic carbocycles. The molecular formula is C20H21ClFNO3. The molecule has 0 bridgehead atoms. The Hall–Kier alpha value is -1.98. The number of halogens is 2. The molecule has 0 saturated carbocycles. The highest BCUT2D eigenvalue weighted by atomic mass is 35.5. The number of rotatable bonds is 3. The Labute approximate surface area is 157 Å². The van der Waals surface area contributed by atoms with Crippen molar-refractivity contribution in [2.24, 2.45) is 5.92 Å². The number of fused-ring (bicyclic) bond motifs is 3. The molecule has 3 atom stereocenters. The van der Waals surface area contributed by atoms with E-state index in [0.29, 0.717) is 23.1 Å². The van der Waals surface area contributed by atoms with E-state index in [1.807, 2.05) is 12.1 Å². The number of hydrogen-bond acceptors (Lipinski definition) is 4. The summed E-state index contributed by atoms with van der Waals surface area (Å²) in [6, 6.07) is 8.66. The van der Waals surface area contributed by atoms with Gasteiger partial charge in [-0.3, -0.25) is 0 Å². The van der Waals surface area contributed by atoms with Crippen molar-refractivity contribution in [3.05, 3.63) is 52.3 Å². The molecule has 2 aromatic rings. The van der Waals surface area contributed by atoms with Crippen LogP contribution >= 0.6 is 11.6 Å². The average Bonchev–Trinajstić information content (AvgIpc) is 2.66. The molecule has 2 aliphatic rings. The number of methoxy groups -OCH3 is 2. The van der Waals surface area contributed by atoms with Gasteiger partial charge in [0.25, 0.3) is 0 Å². The normalized spacial score (nSPS) is 24.2. The summed E-state index contributed by atoms with van der Waals surface area (Å²) in [5.74, 6) is 1.06. The second kappa shape index (κ2) is 6.97. The zero-order valence-electron chi connectivity index (χ0n) is 14.7. The Morgan fingerprint density at radius 3 is 2.81 bits per heavy atom. The topological polar surface area (TPSA) is 39.7 Å². The number of hydrogen-bond donors (Lipinski definition) is 1. The van der Waals surface area contributed by atoms with E-state index in [1.165, 1.54) is 6.07 Å². The first-order valence-corrected chi connectivity index (χ1v) is 9.09. The van der Waals surface area contributed by atoms with Gasteiger partial charge in [-0.05, 0) is 48.7 Å². The van der Waals surface area contributed by atoms with E-state index in [0.717, 1.165) is 29.7 Å². The van der Waals surface area contributed by atoms with Crippen LogP contribution < -0.4 is 14.8 Å². The van der Waals surface area contributed by atoms with Gasteiger partial charge in [0.05, 0.1) is 31.4 Å². The SMILES string of the molecule is COc1cc([C@H]2Nc3ccc(F)cc3[C@H]3OCCC[C@@H]23)cc(Cl)c1OC.